The molecule has 1 aromatic heterocycles. The summed E-state index contributed by atoms with van der Waals surface area (Å²) in [6, 6.07) is 1.70. The lowest BCUT2D eigenvalue weighted by Gasteiger charge is -2.19. The summed E-state index contributed by atoms with van der Waals surface area (Å²) in [5, 5.41) is 0. The number of amides is 1. The van der Waals surface area contributed by atoms with Crippen LogP contribution in [-0.2, 0) is 4.79 Å². The number of rotatable bonds is 5. The maximum Gasteiger partial charge on any atom is 0.237 e. The predicted octanol–water partition coefficient (Wildman–Crippen LogP) is -0.269. The Morgan fingerprint density at radius 2 is 2.12 bits per heavy atom. The number of primary amides is 1. The van der Waals surface area contributed by atoms with Crippen LogP contribution in [0.4, 0.5) is 5.95 Å². The van der Waals surface area contributed by atoms with E-state index in [-0.39, 0.29) is 11.5 Å². The van der Waals surface area contributed by atoms with Gasteiger partial charge in [0.15, 0.2) is 0 Å². The molecule has 7 heteroatoms. The van der Waals surface area contributed by atoms with Crippen LogP contribution in [0.1, 0.15) is 18.3 Å². The maximum atomic E-state index is 10.9. The molecule has 1 amide bonds. The molecule has 0 atom stereocenters. The average Bonchev–Trinajstić information content (AvgIpc) is 2.24. The first-order valence-electron chi connectivity index (χ1n) is 5.12. The lowest BCUT2D eigenvalue weighted by Crippen LogP contribution is -2.35. The zero-order valence-corrected chi connectivity index (χ0v) is 10.6. The van der Waals surface area contributed by atoms with E-state index in [2.05, 4.69) is 9.97 Å². The van der Waals surface area contributed by atoms with Crippen molar-refractivity contribution < 1.29 is 4.79 Å². The van der Waals surface area contributed by atoms with Crippen LogP contribution in [0.25, 0.3) is 0 Å². The van der Waals surface area contributed by atoms with E-state index < -0.39 is 5.91 Å². The molecule has 1 rings (SSSR count). The number of carbonyl (C=O) groups excluding carboxylic acids is 1. The van der Waals surface area contributed by atoms with Gasteiger partial charge in [-0.3, -0.25) is 4.79 Å². The number of hydrogen-bond acceptors (Lipinski definition) is 5. The molecule has 1 aromatic rings. The Hall–Kier alpha value is -1.76. The van der Waals surface area contributed by atoms with E-state index in [4.69, 9.17) is 23.7 Å². The summed E-state index contributed by atoms with van der Waals surface area (Å²) in [5.41, 5.74) is 11.9. The van der Waals surface area contributed by atoms with Gasteiger partial charge in [-0.2, -0.15) is 0 Å². The molecule has 0 saturated heterocycles. The van der Waals surface area contributed by atoms with E-state index in [9.17, 15) is 4.79 Å². The molecule has 0 fully saturated rings. The minimum absolute atomic E-state index is 0.0662. The van der Waals surface area contributed by atoms with Crippen molar-refractivity contribution in [2.45, 2.75) is 13.8 Å². The molecule has 0 saturated carbocycles. The number of carbonyl (C=O) groups is 1. The maximum absolute atomic E-state index is 10.9. The van der Waals surface area contributed by atoms with Gasteiger partial charge in [-0.15, -0.1) is 0 Å². The van der Waals surface area contributed by atoms with Gasteiger partial charge >= 0.3 is 0 Å². The largest absolute Gasteiger partial charge is 0.388 e. The molecule has 0 radical (unpaired) electrons. The summed E-state index contributed by atoms with van der Waals surface area (Å²) in [4.78, 5) is 21.2. The number of likely N-dealkylation sites (N-methyl/N-ethyl adjacent to an activating group) is 1. The van der Waals surface area contributed by atoms with Gasteiger partial charge in [-0.1, -0.05) is 12.2 Å². The molecular weight excluding hydrogens is 238 g/mol. The minimum Gasteiger partial charge on any atom is -0.388 e. The van der Waals surface area contributed by atoms with Crippen molar-refractivity contribution in [2.24, 2.45) is 11.5 Å². The molecule has 17 heavy (non-hydrogen) atoms. The van der Waals surface area contributed by atoms with Gasteiger partial charge in [0.2, 0.25) is 11.9 Å². The van der Waals surface area contributed by atoms with Crippen molar-refractivity contribution in [1.29, 1.82) is 0 Å². The fourth-order valence-electron chi connectivity index (χ4n) is 1.33. The van der Waals surface area contributed by atoms with E-state index >= 15 is 0 Å². The number of aryl methyl sites for hydroxylation is 1. The van der Waals surface area contributed by atoms with Crippen molar-refractivity contribution in [1.82, 2.24) is 9.97 Å². The highest BCUT2D eigenvalue weighted by atomic mass is 32.1. The number of nitrogens with two attached hydrogens (primary N) is 2. The molecule has 0 aliphatic carbocycles. The topological polar surface area (TPSA) is 98.1 Å². The van der Waals surface area contributed by atoms with E-state index in [0.717, 1.165) is 5.69 Å². The van der Waals surface area contributed by atoms with E-state index in [0.29, 0.717) is 18.2 Å². The average molecular weight is 253 g/mol. The van der Waals surface area contributed by atoms with E-state index in [1.807, 2.05) is 13.8 Å². The Labute approximate surface area is 105 Å². The first-order chi connectivity index (χ1) is 7.93. The molecule has 0 aromatic carbocycles. The number of hydrogen-bond donors (Lipinski definition) is 2. The molecular formula is C10H15N5OS. The van der Waals surface area contributed by atoms with Crippen LogP contribution in [-0.4, -0.2) is 34.0 Å². The molecule has 1 heterocycles. The molecule has 0 spiro atoms. The normalized spacial score (nSPS) is 10.0. The van der Waals surface area contributed by atoms with Crippen LogP contribution < -0.4 is 16.4 Å². The summed E-state index contributed by atoms with van der Waals surface area (Å²) in [5.74, 6) is -0.0251. The van der Waals surface area contributed by atoms with Crippen LogP contribution in [0.15, 0.2) is 6.07 Å². The zero-order chi connectivity index (χ0) is 13.0. The fraction of sp³-hybridized carbons (Fsp3) is 0.400. The molecule has 0 aliphatic heterocycles. The van der Waals surface area contributed by atoms with E-state index in [1.165, 1.54) is 0 Å². The second-order valence-corrected chi connectivity index (χ2v) is 3.98. The van der Waals surface area contributed by atoms with Gasteiger partial charge in [0.1, 0.15) is 10.7 Å². The SMILES string of the molecule is CCN(CC(N)=O)c1nc(C)cc(C(N)=S)n1. The summed E-state index contributed by atoms with van der Waals surface area (Å²) in [6.07, 6.45) is 0. The fourth-order valence-corrected chi connectivity index (χ4v) is 1.44. The number of aromatic nitrogens is 2. The third-order valence-corrected chi connectivity index (χ3v) is 2.32. The Kier molecular flexibility index (Phi) is 4.33. The quantitative estimate of drug-likeness (QED) is 0.701. The van der Waals surface area contributed by atoms with Crippen LogP contribution in [0.2, 0.25) is 0 Å². The van der Waals surface area contributed by atoms with Crippen molar-refractivity contribution in [3.8, 4) is 0 Å². The van der Waals surface area contributed by atoms with Gasteiger partial charge in [-0.25, -0.2) is 9.97 Å². The highest BCUT2D eigenvalue weighted by molar-refractivity contribution is 7.80. The highest BCUT2D eigenvalue weighted by Crippen LogP contribution is 2.09. The van der Waals surface area contributed by atoms with Crippen LogP contribution >= 0.6 is 12.2 Å². The summed E-state index contributed by atoms with van der Waals surface area (Å²) in [6.45, 7) is 4.33. The summed E-state index contributed by atoms with van der Waals surface area (Å²) in [7, 11) is 0. The van der Waals surface area contributed by atoms with Crippen LogP contribution in [0.3, 0.4) is 0 Å². The minimum atomic E-state index is -0.436. The number of anilines is 1. The Morgan fingerprint density at radius 1 is 1.47 bits per heavy atom. The summed E-state index contributed by atoms with van der Waals surface area (Å²) >= 11 is 4.87. The first kappa shape index (κ1) is 13.3. The highest BCUT2D eigenvalue weighted by Gasteiger charge is 2.12. The standard InChI is InChI=1S/C10H15N5OS/c1-3-15(5-8(11)16)10-13-6(2)4-7(14-10)9(12)17/h4H,3,5H2,1-2H3,(H2,11,16)(H2,12,17). The molecule has 4 N–H and O–H groups in total. The molecule has 0 aliphatic rings. The van der Waals surface area contributed by atoms with Gasteiger partial charge in [0.25, 0.3) is 0 Å². The molecule has 0 unspecified atom stereocenters. The van der Waals surface area contributed by atoms with Crippen molar-refractivity contribution in [3.63, 3.8) is 0 Å². The zero-order valence-electron chi connectivity index (χ0n) is 9.80. The lowest BCUT2D eigenvalue weighted by molar-refractivity contribution is -0.116. The smallest absolute Gasteiger partial charge is 0.237 e. The van der Waals surface area contributed by atoms with Gasteiger partial charge < -0.3 is 16.4 Å². The third-order valence-electron chi connectivity index (χ3n) is 2.11. The first-order valence-corrected chi connectivity index (χ1v) is 5.53. The van der Waals surface area contributed by atoms with Crippen molar-refractivity contribution in [3.05, 3.63) is 17.5 Å². The van der Waals surface area contributed by atoms with Crippen LogP contribution in [0.5, 0.6) is 0 Å². The number of nitrogens with zero attached hydrogens (tertiary/aromatic N) is 3. The van der Waals surface area contributed by atoms with Gasteiger partial charge in [-0.05, 0) is 19.9 Å². The predicted molar refractivity (Wildman–Crippen MR) is 69.7 cm³/mol. The van der Waals surface area contributed by atoms with Gasteiger partial charge in [0.05, 0.1) is 6.54 Å². The second-order valence-electron chi connectivity index (χ2n) is 3.54. The Balaban J connectivity index is 3.10. The number of thiocarbonyl (C=S) groups is 1. The van der Waals surface area contributed by atoms with Crippen molar-refractivity contribution in [2.75, 3.05) is 18.0 Å². The summed E-state index contributed by atoms with van der Waals surface area (Å²) < 4.78 is 0. The van der Waals surface area contributed by atoms with E-state index in [1.54, 1.807) is 11.0 Å². The monoisotopic (exact) mass is 253 g/mol. The molecule has 6 nitrogen and oxygen atoms in total. The van der Waals surface area contributed by atoms with Gasteiger partial charge in [0, 0.05) is 12.2 Å². The Bertz CT molecular complexity index is 448. The van der Waals surface area contributed by atoms with Crippen LogP contribution in [0, 0.1) is 6.92 Å². The molecule has 0 bridgehead atoms. The third kappa shape index (κ3) is 3.63. The Morgan fingerprint density at radius 3 is 2.59 bits per heavy atom. The lowest BCUT2D eigenvalue weighted by atomic mass is 10.3. The second kappa shape index (κ2) is 5.53. The molecule has 92 valence electrons. The van der Waals surface area contributed by atoms with Crippen molar-refractivity contribution >= 4 is 29.1 Å².